The van der Waals surface area contributed by atoms with Crippen molar-refractivity contribution in [3.8, 4) is 5.75 Å². The average molecular weight is 344 g/mol. The Labute approximate surface area is 137 Å². The number of anilines is 1. The summed E-state index contributed by atoms with van der Waals surface area (Å²) in [6.07, 6.45) is 1.96. The molecule has 3 rings (SSSR count). The van der Waals surface area contributed by atoms with Gasteiger partial charge in [-0.15, -0.1) is 0 Å². The summed E-state index contributed by atoms with van der Waals surface area (Å²) in [7, 11) is 0. The van der Waals surface area contributed by atoms with E-state index in [2.05, 4.69) is 21.2 Å². The van der Waals surface area contributed by atoms with Gasteiger partial charge in [0.25, 0.3) is 0 Å². The van der Waals surface area contributed by atoms with Crippen LogP contribution in [-0.2, 0) is 6.42 Å². The normalized spacial score (nSPS) is 18.2. The second-order valence-corrected chi connectivity index (χ2v) is 6.44. The number of nitrogens with zero attached hydrogens (tertiary/aromatic N) is 3. The van der Waals surface area contributed by atoms with Crippen LogP contribution in [0.5, 0.6) is 5.75 Å². The van der Waals surface area contributed by atoms with Gasteiger partial charge in [-0.3, -0.25) is 0 Å². The molecule has 1 aromatic carbocycles. The molecule has 0 saturated carbocycles. The van der Waals surface area contributed by atoms with Gasteiger partial charge in [0.1, 0.15) is 17.7 Å². The van der Waals surface area contributed by atoms with Crippen molar-refractivity contribution in [3.05, 3.63) is 34.1 Å². The summed E-state index contributed by atoms with van der Waals surface area (Å²) in [5.74, 6) is 1.66. The van der Waals surface area contributed by atoms with E-state index in [9.17, 15) is 0 Å². The summed E-state index contributed by atoms with van der Waals surface area (Å²) in [4.78, 5) is 6.74. The molecule has 21 heavy (non-hydrogen) atoms. The highest BCUT2D eigenvalue weighted by atomic mass is 35.5. The maximum absolute atomic E-state index is 6.00. The Balaban J connectivity index is 1.62. The number of hydrogen-bond acceptors (Lipinski definition) is 5. The minimum atomic E-state index is 0.135. The average Bonchev–Trinajstić information content (AvgIpc) is 3.11. The Hall–Kier alpha value is -1.04. The second-order valence-electron chi connectivity index (χ2n) is 4.90. The molecule has 1 aliphatic rings. The Morgan fingerprint density at radius 3 is 2.95 bits per heavy atom. The van der Waals surface area contributed by atoms with Crippen LogP contribution in [0.2, 0.25) is 10.0 Å². The first kappa shape index (κ1) is 14.9. The smallest absolute Gasteiger partial charge is 0.205 e. The number of ether oxygens (including phenoxy) is 1. The minimum absolute atomic E-state index is 0.135. The van der Waals surface area contributed by atoms with E-state index in [0.717, 1.165) is 42.6 Å². The molecular formula is C14H15Cl2N3OS. The van der Waals surface area contributed by atoms with E-state index in [4.69, 9.17) is 27.9 Å². The topological polar surface area (TPSA) is 38.2 Å². The van der Waals surface area contributed by atoms with Crippen LogP contribution < -0.4 is 9.64 Å². The van der Waals surface area contributed by atoms with Gasteiger partial charge in [0.05, 0.1) is 16.6 Å². The van der Waals surface area contributed by atoms with Crippen molar-refractivity contribution in [3.63, 3.8) is 0 Å². The predicted molar refractivity (Wildman–Crippen MR) is 87.0 cm³/mol. The number of benzene rings is 1. The number of aryl methyl sites for hydroxylation is 1. The molecule has 2 heterocycles. The Morgan fingerprint density at radius 2 is 2.24 bits per heavy atom. The van der Waals surface area contributed by atoms with Crippen molar-refractivity contribution in [2.24, 2.45) is 0 Å². The van der Waals surface area contributed by atoms with Gasteiger partial charge in [0.15, 0.2) is 0 Å². The SMILES string of the molecule is CCc1nsc(N2CCC(Oc3ccc(Cl)c(Cl)c3)C2)n1. The standard InChI is InChI=1S/C14H15Cl2N3OS/c1-2-13-17-14(21-18-13)19-6-5-10(8-19)20-9-3-4-11(15)12(16)7-9/h3-4,7,10H,2,5-6,8H2,1H3. The van der Waals surface area contributed by atoms with Crippen molar-refractivity contribution < 1.29 is 4.74 Å². The van der Waals surface area contributed by atoms with E-state index in [-0.39, 0.29) is 6.10 Å². The third-order valence-electron chi connectivity index (χ3n) is 3.38. The van der Waals surface area contributed by atoms with Crippen molar-refractivity contribution in [2.45, 2.75) is 25.9 Å². The Kier molecular flexibility index (Phi) is 4.52. The summed E-state index contributed by atoms with van der Waals surface area (Å²) in [5.41, 5.74) is 0. The molecule has 7 heteroatoms. The summed E-state index contributed by atoms with van der Waals surface area (Å²) >= 11 is 13.4. The van der Waals surface area contributed by atoms with E-state index >= 15 is 0 Å². The Bertz CT molecular complexity index is 634. The van der Waals surface area contributed by atoms with Gasteiger partial charge in [-0.05, 0) is 12.1 Å². The first-order valence-electron chi connectivity index (χ1n) is 6.85. The van der Waals surface area contributed by atoms with Crippen LogP contribution >= 0.6 is 34.7 Å². The van der Waals surface area contributed by atoms with Gasteiger partial charge in [-0.25, -0.2) is 4.98 Å². The number of rotatable bonds is 4. The minimum Gasteiger partial charge on any atom is -0.488 e. The third kappa shape index (κ3) is 3.42. The molecule has 0 amide bonds. The van der Waals surface area contributed by atoms with Crippen LogP contribution in [-0.4, -0.2) is 28.6 Å². The zero-order valence-corrected chi connectivity index (χ0v) is 13.9. The van der Waals surface area contributed by atoms with E-state index < -0.39 is 0 Å². The lowest BCUT2D eigenvalue weighted by atomic mass is 10.3. The van der Waals surface area contributed by atoms with Gasteiger partial charge >= 0.3 is 0 Å². The van der Waals surface area contributed by atoms with Crippen molar-refractivity contribution >= 4 is 39.9 Å². The number of aromatic nitrogens is 2. The first-order valence-corrected chi connectivity index (χ1v) is 8.38. The van der Waals surface area contributed by atoms with E-state index in [1.54, 1.807) is 12.1 Å². The highest BCUT2D eigenvalue weighted by molar-refractivity contribution is 7.09. The molecule has 0 spiro atoms. The molecule has 0 aliphatic carbocycles. The van der Waals surface area contributed by atoms with Crippen LogP contribution in [0.4, 0.5) is 5.13 Å². The highest BCUT2D eigenvalue weighted by Gasteiger charge is 2.26. The van der Waals surface area contributed by atoms with Crippen LogP contribution in [0, 0.1) is 0 Å². The van der Waals surface area contributed by atoms with Gasteiger partial charge in [0, 0.05) is 37.0 Å². The quantitative estimate of drug-likeness (QED) is 0.838. The molecule has 0 N–H and O–H groups in total. The Morgan fingerprint density at radius 1 is 1.38 bits per heavy atom. The molecule has 1 unspecified atom stereocenters. The second kappa shape index (κ2) is 6.38. The maximum Gasteiger partial charge on any atom is 0.205 e. The van der Waals surface area contributed by atoms with Crippen LogP contribution in [0.3, 0.4) is 0 Å². The predicted octanol–water partition coefficient (Wildman–Crippen LogP) is 4.07. The molecule has 1 fully saturated rings. The summed E-state index contributed by atoms with van der Waals surface area (Å²) in [6.45, 7) is 3.81. The van der Waals surface area contributed by atoms with Crippen molar-refractivity contribution in [2.75, 3.05) is 18.0 Å². The largest absolute Gasteiger partial charge is 0.488 e. The monoisotopic (exact) mass is 343 g/mol. The molecule has 2 aromatic rings. The molecular weight excluding hydrogens is 329 g/mol. The number of halogens is 2. The fourth-order valence-electron chi connectivity index (χ4n) is 2.26. The van der Waals surface area contributed by atoms with Gasteiger partial charge in [-0.1, -0.05) is 30.1 Å². The van der Waals surface area contributed by atoms with E-state index in [0.29, 0.717) is 10.0 Å². The third-order valence-corrected chi connectivity index (χ3v) is 4.94. The lowest BCUT2D eigenvalue weighted by Crippen LogP contribution is -2.24. The molecule has 0 bridgehead atoms. The number of hydrogen-bond donors (Lipinski definition) is 0. The molecule has 112 valence electrons. The van der Waals surface area contributed by atoms with Gasteiger partial charge in [0.2, 0.25) is 5.13 Å². The molecule has 1 saturated heterocycles. The maximum atomic E-state index is 6.00. The van der Waals surface area contributed by atoms with Gasteiger partial charge < -0.3 is 9.64 Å². The van der Waals surface area contributed by atoms with E-state index in [1.165, 1.54) is 11.5 Å². The lowest BCUT2D eigenvalue weighted by Gasteiger charge is -2.16. The summed E-state index contributed by atoms with van der Waals surface area (Å²) in [5, 5.41) is 2.03. The molecule has 1 atom stereocenters. The van der Waals surface area contributed by atoms with Crippen molar-refractivity contribution in [1.29, 1.82) is 0 Å². The zero-order valence-electron chi connectivity index (χ0n) is 11.6. The van der Waals surface area contributed by atoms with Crippen LogP contribution in [0.1, 0.15) is 19.2 Å². The summed E-state index contributed by atoms with van der Waals surface area (Å²) in [6, 6.07) is 5.36. The fourth-order valence-corrected chi connectivity index (χ4v) is 3.33. The molecule has 1 aliphatic heterocycles. The van der Waals surface area contributed by atoms with E-state index in [1.807, 2.05) is 6.07 Å². The lowest BCUT2D eigenvalue weighted by molar-refractivity contribution is 0.225. The zero-order chi connectivity index (χ0) is 14.8. The van der Waals surface area contributed by atoms with Crippen LogP contribution in [0.25, 0.3) is 0 Å². The molecule has 1 aromatic heterocycles. The van der Waals surface area contributed by atoms with Crippen LogP contribution in [0.15, 0.2) is 18.2 Å². The summed E-state index contributed by atoms with van der Waals surface area (Å²) < 4.78 is 10.3. The first-order chi connectivity index (χ1) is 10.2. The van der Waals surface area contributed by atoms with Crippen molar-refractivity contribution in [1.82, 2.24) is 9.36 Å². The van der Waals surface area contributed by atoms with Gasteiger partial charge in [-0.2, -0.15) is 4.37 Å². The highest BCUT2D eigenvalue weighted by Crippen LogP contribution is 2.29. The molecule has 4 nitrogen and oxygen atoms in total. The fraction of sp³-hybridized carbons (Fsp3) is 0.429. The molecule has 0 radical (unpaired) electrons.